The topological polar surface area (TPSA) is 52.6 Å². The standard InChI is InChI=1S/C14H31N3O2S/c1-14(2)13-15-7-5-4-6-8-16-9-11-17(12-10-16)20(3,18)19/h14-15H,4-13H2,1-3H3. The number of nitrogens with zero attached hydrogens (tertiary/aromatic N) is 2. The van der Waals surface area contributed by atoms with Crippen LogP contribution in [0.3, 0.4) is 0 Å². The Morgan fingerprint density at radius 3 is 2.25 bits per heavy atom. The summed E-state index contributed by atoms with van der Waals surface area (Å²) in [4.78, 5) is 2.38. The Hall–Kier alpha value is -0.170. The van der Waals surface area contributed by atoms with Crippen molar-refractivity contribution in [1.29, 1.82) is 0 Å². The molecular formula is C14H31N3O2S. The van der Waals surface area contributed by atoms with Crippen molar-refractivity contribution in [2.24, 2.45) is 5.92 Å². The van der Waals surface area contributed by atoms with Gasteiger partial charge in [-0.3, -0.25) is 0 Å². The number of piperazine rings is 1. The van der Waals surface area contributed by atoms with E-state index >= 15 is 0 Å². The molecule has 1 N–H and O–H groups in total. The van der Waals surface area contributed by atoms with Gasteiger partial charge in [0.2, 0.25) is 10.0 Å². The molecule has 0 amide bonds. The van der Waals surface area contributed by atoms with E-state index in [2.05, 4.69) is 24.1 Å². The third kappa shape index (κ3) is 7.57. The first-order chi connectivity index (χ1) is 9.39. The molecule has 0 unspecified atom stereocenters. The van der Waals surface area contributed by atoms with Crippen LogP contribution in [-0.4, -0.2) is 69.7 Å². The molecule has 1 aliphatic rings. The van der Waals surface area contributed by atoms with E-state index in [0.29, 0.717) is 13.1 Å². The van der Waals surface area contributed by atoms with E-state index in [0.717, 1.165) is 38.6 Å². The average Bonchev–Trinajstić information content (AvgIpc) is 2.37. The smallest absolute Gasteiger partial charge is 0.211 e. The molecule has 0 aromatic carbocycles. The zero-order chi connectivity index (χ0) is 15.0. The van der Waals surface area contributed by atoms with E-state index in [9.17, 15) is 8.42 Å². The van der Waals surface area contributed by atoms with Crippen LogP contribution >= 0.6 is 0 Å². The van der Waals surface area contributed by atoms with Crippen LogP contribution in [0.1, 0.15) is 33.1 Å². The molecule has 1 rings (SSSR count). The maximum atomic E-state index is 11.4. The predicted molar refractivity (Wildman–Crippen MR) is 84.4 cm³/mol. The van der Waals surface area contributed by atoms with Crippen LogP contribution in [0, 0.1) is 5.92 Å². The van der Waals surface area contributed by atoms with Crippen molar-refractivity contribution in [3.63, 3.8) is 0 Å². The van der Waals surface area contributed by atoms with Gasteiger partial charge in [-0.15, -0.1) is 0 Å². The Morgan fingerprint density at radius 1 is 1.05 bits per heavy atom. The summed E-state index contributed by atoms with van der Waals surface area (Å²) in [6.07, 6.45) is 4.99. The molecule has 1 saturated heterocycles. The highest BCUT2D eigenvalue weighted by Crippen LogP contribution is 2.07. The Kier molecular flexibility index (Phi) is 8.02. The molecule has 0 spiro atoms. The van der Waals surface area contributed by atoms with Crippen LogP contribution in [0.2, 0.25) is 0 Å². The van der Waals surface area contributed by atoms with Gasteiger partial charge in [0.05, 0.1) is 6.26 Å². The maximum absolute atomic E-state index is 11.4. The van der Waals surface area contributed by atoms with E-state index in [1.54, 1.807) is 4.31 Å². The van der Waals surface area contributed by atoms with Gasteiger partial charge < -0.3 is 10.2 Å². The minimum atomic E-state index is -2.99. The molecule has 0 radical (unpaired) electrons. The summed E-state index contributed by atoms with van der Waals surface area (Å²) >= 11 is 0. The van der Waals surface area contributed by atoms with E-state index in [1.807, 2.05) is 0 Å². The lowest BCUT2D eigenvalue weighted by Crippen LogP contribution is -2.48. The van der Waals surface area contributed by atoms with Gasteiger partial charge in [0.25, 0.3) is 0 Å². The predicted octanol–water partition coefficient (Wildman–Crippen LogP) is 0.980. The minimum Gasteiger partial charge on any atom is -0.316 e. The number of hydrogen-bond acceptors (Lipinski definition) is 4. The van der Waals surface area contributed by atoms with Crippen molar-refractivity contribution in [1.82, 2.24) is 14.5 Å². The van der Waals surface area contributed by atoms with Crippen LogP contribution in [0.4, 0.5) is 0 Å². The maximum Gasteiger partial charge on any atom is 0.211 e. The van der Waals surface area contributed by atoms with Gasteiger partial charge in [0.15, 0.2) is 0 Å². The summed E-state index contributed by atoms with van der Waals surface area (Å²) in [5.41, 5.74) is 0. The normalized spacial score (nSPS) is 18.8. The molecule has 0 aromatic heterocycles. The molecule has 0 atom stereocenters. The third-order valence-electron chi connectivity index (χ3n) is 3.68. The van der Waals surface area contributed by atoms with Gasteiger partial charge in [-0.25, -0.2) is 8.42 Å². The Labute approximate surface area is 124 Å². The summed E-state index contributed by atoms with van der Waals surface area (Å²) in [5.74, 6) is 0.723. The molecule has 6 heteroatoms. The number of sulfonamides is 1. The first-order valence-corrected chi connectivity index (χ1v) is 9.62. The molecule has 0 saturated carbocycles. The second kappa shape index (κ2) is 8.97. The lowest BCUT2D eigenvalue weighted by molar-refractivity contribution is 0.186. The summed E-state index contributed by atoms with van der Waals surface area (Å²) in [5, 5.41) is 3.46. The molecule has 1 heterocycles. The van der Waals surface area contributed by atoms with Crippen LogP contribution in [-0.2, 0) is 10.0 Å². The lowest BCUT2D eigenvalue weighted by atomic mass is 10.2. The molecule has 0 bridgehead atoms. The molecular weight excluding hydrogens is 274 g/mol. The van der Waals surface area contributed by atoms with Gasteiger partial charge in [-0.1, -0.05) is 20.3 Å². The zero-order valence-electron chi connectivity index (χ0n) is 13.3. The average molecular weight is 305 g/mol. The first kappa shape index (κ1) is 17.9. The SMILES string of the molecule is CC(C)CNCCCCCN1CCN(S(C)(=O)=O)CC1. The molecule has 120 valence electrons. The van der Waals surface area contributed by atoms with Crippen LogP contribution in [0.5, 0.6) is 0 Å². The van der Waals surface area contributed by atoms with E-state index in [4.69, 9.17) is 0 Å². The summed E-state index contributed by atoms with van der Waals surface area (Å²) < 4.78 is 24.4. The molecule has 0 aromatic rings. The van der Waals surface area contributed by atoms with Crippen LogP contribution < -0.4 is 5.32 Å². The molecule has 0 aliphatic carbocycles. The van der Waals surface area contributed by atoms with Crippen LogP contribution in [0.15, 0.2) is 0 Å². The number of nitrogens with one attached hydrogen (secondary N) is 1. The van der Waals surface area contributed by atoms with Gasteiger partial charge in [-0.05, 0) is 38.4 Å². The summed E-state index contributed by atoms with van der Waals surface area (Å²) in [6.45, 7) is 10.8. The van der Waals surface area contributed by atoms with Gasteiger partial charge in [0, 0.05) is 26.2 Å². The van der Waals surface area contributed by atoms with E-state index in [-0.39, 0.29) is 0 Å². The van der Waals surface area contributed by atoms with Gasteiger partial charge >= 0.3 is 0 Å². The van der Waals surface area contributed by atoms with Crippen molar-refractivity contribution >= 4 is 10.0 Å². The zero-order valence-corrected chi connectivity index (χ0v) is 14.1. The van der Waals surface area contributed by atoms with Crippen molar-refractivity contribution in [2.75, 3.05) is 52.1 Å². The largest absolute Gasteiger partial charge is 0.316 e. The second-order valence-electron chi connectivity index (χ2n) is 6.16. The highest BCUT2D eigenvalue weighted by Gasteiger charge is 2.22. The van der Waals surface area contributed by atoms with E-state index in [1.165, 1.54) is 25.5 Å². The highest BCUT2D eigenvalue weighted by atomic mass is 32.2. The number of rotatable bonds is 9. The lowest BCUT2D eigenvalue weighted by Gasteiger charge is -2.33. The highest BCUT2D eigenvalue weighted by molar-refractivity contribution is 7.88. The van der Waals surface area contributed by atoms with Gasteiger partial charge in [-0.2, -0.15) is 4.31 Å². The third-order valence-corrected chi connectivity index (χ3v) is 4.98. The van der Waals surface area contributed by atoms with E-state index < -0.39 is 10.0 Å². The fourth-order valence-electron chi connectivity index (χ4n) is 2.44. The number of unbranched alkanes of at least 4 members (excludes halogenated alkanes) is 2. The number of hydrogen-bond donors (Lipinski definition) is 1. The summed E-state index contributed by atoms with van der Waals surface area (Å²) in [7, 11) is -2.99. The molecule has 1 aliphatic heterocycles. The minimum absolute atomic E-state index is 0.648. The van der Waals surface area contributed by atoms with Crippen LogP contribution in [0.25, 0.3) is 0 Å². The van der Waals surface area contributed by atoms with Crippen molar-refractivity contribution in [3.05, 3.63) is 0 Å². The van der Waals surface area contributed by atoms with Gasteiger partial charge in [0.1, 0.15) is 0 Å². The fraction of sp³-hybridized carbons (Fsp3) is 1.00. The first-order valence-electron chi connectivity index (χ1n) is 7.78. The molecule has 1 fully saturated rings. The fourth-order valence-corrected chi connectivity index (χ4v) is 3.26. The van der Waals surface area contributed by atoms with Crippen molar-refractivity contribution in [2.45, 2.75) is 33.1 Å². The monoisotopic (exact) mass is 305 g/mol. The Bertz CT molecular complexity index is 349. The quantitative estimate of drug-likeness (QED) is 0.645. The van der Waals surface area contributed by atoms with Crippen molar-refractivity contribution < 1.29 is 8.42 Å². The summed E-state index contributed by atoms with van der Waals surface area (Å²) in [6, 6.07) is 0. The Balaban J connectivity index is 1.99. The Morgan fingerprint density at radius 2 is 1.70 bits per heavy atom. The second-order valence-corrected chi connectivity index (χ2v) is 8.14. The molecule has 5 nitrogen and oxygen atoms in total. The molecule has 20 heavy (non-hydrogen) atoms. The van der Waals surface area contributed by atoms with Crippen molar-refractivity contribution in [3.8, 4) is 0 Å².